The topological polar surface area (TPSA) is 105 Å². The van der Waals surface area contributed by atoms with Crippen LogP contribution in [0.25, 0.3) is 0 Å². The van der Waals surface area contributed by atoms with Crippen LogP contribution in [-0.4, -0.2) is 65.9 Å². The molecule has 1 rings (SSSR count). The van der Waals surface area contributed by atoms with Gasteiger partial charge in [0.25, 0.3) is 0 Å². The molecular weight excluding hydrogens is 292 g/mol. The molecular formula is C14H24N2O6. The van der Waals surface area contributed by atoms with Gasteiger partial charge in [0.15, 0.2) is 6.04 Å². The summed E-state index contributed by atoms with van der Waals surface area (Å²) in [4.78, 5) is 37.1. The number of methoxy groups -OCH3 is 1. The van der Waals surface area contributed by atoms with Gasteiger partial charge in [-0.3, -0.25) is 9.69 Å². The minimum atomic E-state index is -1.14. The van der Waals surface area contributed by atoms with Gasteiger partial charge in [-0.05, 0) is 33.6 Å². The first-order chi connectivity index (χ1) is 10.2. The fraction of sp³-hybridized carbons (Fsp3) is 0.786. The van der Waals surface area contributed by atoms with Crippen molar-refractivity contribution in [2.75, 3.05) is 20.3 Å². The molecule has 2 atom stereocenters. The lowest BCUT2D eigenvalue weighted by atomic mass is 10.2. The Bertz CT molecular complexity index is 432. The average Bonchev–Trinajstić information content (AvgIpc) is 2.91. The van der Waals surface area contributed by atoms with E-state index in [1.807, 2.05) is 0 Å². The number of carbonyl (C=O) groups excluding carboxylic acids is 3. The first-order valence-electron chi connectivity index (χ1n) is 7.18. The fourth-order valence-electron chi connectivity index (χ4n) is 2.17. The van der Waals surface area contributed by atoms with Crippen molar-refractivity contribution in [3.05, 3.63) is 0 Å². The van der Waals surface area contributed by atoms with Crippen LogP contribution in [0.15, 0.2) is 0 Å². The van der Waals surface area contributed by atoms with Crippen LogP contribution in [0.5, 0.6) is 0 Å². The first-order valence-corrected chi connectivity index (χ1v) is 7.18. The van der Waals surface area contributed by atoms with Crippen LogP contribution < -0.4 is 5.32 Å². The van der Waals surface area contributed by atoms with E-state index in [0.717, 1.165) is 0 Å². The molecule has 126 valence electrons. The van der Waals surface area contributed by atoms with Gasteiger partial charge in [0.2, 0.25) is 5.91 Å². The SMILES string of the molecule is COC(=O)[C@H](CO)NC(=O)C1CCCN1C(=O)OC(C)(C)C. The van der Waals surface area contributed by atoms with Gasteiger partial charge in [-0.1, -0.05) is 0 Å². The van der Waals surface area contributed by atoms with Crippen molar-refractivity contribution < 1.29 is 29.0 Å². The van der Waals surface area contributed by atoms with Gasteiger partial charge in [0.1, 0.15) is 11.6 Å². The summed E-state index contributed by atoms with van der Waals surface area (Å²) in [6, 6.07) is -1.85. The molecule has 8 heteroatoms. The van der Waals surface area contributed by atoms with Crippen molar-refractivity contribution >= 4 is 18.0 Å². The highest BCUT2D eigenvalue weighted by Gasteiger charge is 2.37. The number of ether oxygens (including phenoxy) is 2. The minimum absolute atomic E-state index is 0.412. The zero-order valence-corrected chi connectivity index (χ0v) is 13.4. The van der Waals surface area contributed by atoms with Gasteiger partial charge in [0.05, 0.1) is 13.7 Å². The number of aliphatic hydroxyl groups excluding tert-OH is 1. The smallest absolute Gasteiger partial charge is 0.410 e. The molecule has 1 saturated heterocycles. The molecule has 0 bridgehead atoms. The summed E-state index contributed by atoms with van der Waals surface area (Å²) in [5.74, 6) is -1.24. The predicted molar refractivity (Wildman–Crippen MR) is 77.0 cm³/mol. The Kier molecular flexibility index (Phi) is 6.16. The zero-order chi connectivity index (χ0) is 16.9. The molecule has 0 radical (unpaired) electrons. The van der Waals surface area contributed by atoms with E-state index in [2.05, 4.69) is 10.1 Å². The van der Waals surface area contributed by atoms with Crippen molar-refractivity contribution in [3.63, 3.8) is 0 Å². The first kappa shape index (κ1) is 18.2. The number of amides is 2. The maximum atomic E-state index is 12.2. The number of hydrogen-bond donors (Lipinski definition) is 2. The Balaban J connectivity index is 2.71. The highest BCUT2D eigenvalue weighted by Crippen LogP contribution is 2.21. The normalized spacial score (nSPS) is 19.5. The standard InChI is InChI=1S/C14H24N2O6/c1-14(2,3)22-13(20)16-7-5-6-10(16)11(18)15-9(8-17)12(19)21-4/h9-10,17H,5-8H2,1-4H3,(H,15,18)/t9-,10?/m0/s1. The van der Waals surface area contributed by atoms with Crippen LogP contribution >= 0.6 is 0 Å². The number of hydrogen-bond acceptors (Lipinski definition) is 6. The third-order valence-corrected chi connectivity index (χ3v) is 3.17. The van der Waals surface area contributed by atoms with Gasteiger partial charge in [-0.15, -0.1) is 0 Å². The quantitative estimate of drug-likeness (QED) is 0.709. The van der Waals surface area contributed by atoms with E-state index in [1.165, 1.54) is 12.0 Å². The molecule has 1 unspecified atom stereocenters. The molecule has 1 heterocycles. The average molecular weight is 316 g/mol. The van der Waals surface area contributed by atoms with Gasteiger partial charge in [0, 0.05) is 6.54 Å². The summed E-state index contributed by atoms with van der Waals surface area (Å²) >= 11 is 0. The molecule has 1 aliphatic heterocycles. The van der Waals surface area contributed by atoms with Crippen LogP contribution in [0.3, 0.4) is 0 Å². The second-order valence-electron chi connectivity index (χ2n) is 6.10. The zero-order valence-electron chi connectivity index (χ0n) is 13.4. The van der Waals surface area contributed by atoms with Crippen molar-refractivity contribution in [1.82, 2.24) is 10.2 Å². The molecule has 0 saturated carbocycles. The highest BCUT2D eigenvalue weighted by molar-refractivity contribution is 5.90. The lowest BCUT2D eigenvalue weighted by Gasteiger charge is -2.28. The minimum Gasteiger partial charge on any atom is -0.467 e. The number of nitrogens with one attached hydrogen (secondary N) is 1. The summed E-state index contributed by atoms with van der Waals surface area (Å²) < 4.78 is 9.76. The molecule has 22 heavy (non-hydrogen) atoms. The fourth-order valence-corrected chi connectivity index (χ4v) is 2.17. The van der Waals surface area contributed by atoms with Crippen molar-refractivity contribution in [2.45, 2.75) is 51.3 Å². The summed E-state index contributed by atoms with van der Waals surface area (Å²) in [5, 5.41) is 11.5. The summed E-state index contributed by atoms with van der Waals surface area (Å²) in [6.45, 7) is 5.08. The molecule has 1 aliphatic rings. The molecule has 0 aromatic carbocycles. The maximum Gasteiger partial charge on any atom is 0.410 e. The van der Waals surface area contributed by atoms with Crippen LogP contribution in [0.4, 0.5) is 4.79 Å². The molecule has 0 spiro atoms. The van der Waals surface area contributed by atoms with Crippen LogP contribution in [0, 0.1) is 0 Å². The number of esters is 1. The lowest BCUT2D eigenvalue weighted by Crippen LogP contribution is -2.52. The Morgan fingerprint density at radius 3 is 2.50 bits per heavy atom. The summed E-state index contributed by atoms with van der Waals surface area (Å²) in [6.07, 6.45) is 0.577. The van der Waals surface area contributed by atoms with E-state index in [0.29, 0.717) is 19.4 Å². The molecule has 2 N–H and O–H groups in total. The van der Waals surface area contributed by atoms with Gasteiger partial charge in [-0.2, -0.15) is 0 Å². The van der Waals surface area contributed by atoms with Crippen molar-refractivity contribution in [3.8, 4) is 0 Å². The third kappa shape index (κ3) is 4.87. The van der Waals surface area contributed by atoms with Crippen molar-refractivity contribution in [1.29, 1.82) is 0 Å². The van der Waals surface area contributed by atoms with E-state index in [9.17, 15) is 14.4 Å². The highest BCUT2D eigenvalue weighted by atomic mass is 16.6. The largest absolute Gasteiger partial charge is 0.467 e. The maximum absolute atomic E-state index is 12.2. The Labute approximate surface area is 129 Å². The number of rotatable bonds is 4. The van der Waals surface area contributed by atoms with Gasteiger partial charge < -0.3 is 19.9 Å². The number of nitrogens with zero attached hydrogens (tertiary/aromatic N) is 1. The van der Waals surface area contributed by atoms with E-state index in [1.54, 1.807) is 20.8 Å². The molecule has 2 amide bonds. The van der Waals surface area contributed by atoms with E-state index < -0.39 is 42.3 Å². The van der Waals surface area contributed by atoms with E-state index in [4.69, 9.17) is 9.84 Å². The predicted octanol–water partition coefficient (Wildman–Crippen LogP) is 0.0360. The molecule has 0 aromatic rings. The van der Waals surface area contributed by atoms with Crippen LogP contribution in [-0.2, 0) is 19.1 Å². The molecule has 0 aromatic heterocycles. The molecule has 0 aliphatic carbocycles. The monoisotopic (exact) mass is 316 g/mol. The third-order valence-electron chi connectivity index (χ3n) is 3.17. The Morgan fingerprint density at radius 1 is 1.36 bits per heavy atom. The van der Waals surface area contributed by atoms with E-state index >= 15 is 0 Å². The molecule has 8 nitrogen and oxygen atoms in total. The number of carbonyl (C=O) groups is 3. The lowest BCUT2D eigenvalue weighted by molar-refractivity contribution is -0.146. The number of aliphatic hydroxyl groups is 1. The summed E-state index contributed by atoms with van der Waals surface area (Å²) in [7, 11) is 1.17. The summed E-state index contributed by atoms with van der Waals surface area (Å²) in [5.41, 5.74) is -0.652. The second-order valence-corrected chi connectivity index (χ2v) is 6.10. The molecule has 1 fully saturated rings. The second kappa shape index (κ2) is 7.44. The van der Waals surface area contributed by atoms with Gasteiger partial charge in [-0.25, -0.2) is 9.59 Å². The van der Waals surface area contributed by atoms with Crippen LogP contribution in [0.1, 0.15) is 33.6 Å². The number of likely N-dealkylation sites (tertiary alicyclic amines) is 1. The van der Waals surface area contributed by atoms with Gasteiger partial charge >= 0.3 is 12.1 Å². The Morgan fingerprint density at radius 2 is 2.00 bits per heavy atom. The van der Waals surface area contributed by atoms with E-state index in [-0.39, 0.29) is 0 Å². The van der Waals surface area contributed by atoms with Crippen molar-refractivity contribution in [2.24, 2.45) is 0 Å². The Hall–Kier alpha value is -1.83. The van der Waals surface area contributed by atoms with Crippen LogP contribution in [0.2, 0.25) is 0 Å².